The number of benzene rings is 2. The Labute approximate surface area is 118 Å². The third kappa shape index (κ3) is 1.68. The molecule has 4 rings (SSSR count). The highest BCUT2D eigenvalue weighted by molar-refractivity contribution is 6.04. The van der Waals surface area contributed by atoms with Crippen LogP contribution < -0.4 is 4.98 Å². The van der Waals surface area contributed by atoms with Crippen molar-refractivity contribution in [1.82, 2.24) is 0 Å². The molecule has 94 valence electrons. The summed E-state index contributed by atoms with van der Waals surface area (Å²) in [4.78, 5) is 3.38. The van der Waals surface area contributed by atoms with Crippen LogP contribution in [0.2, 0.25) is 0 Å². The average molecular weight is 256 g/mol. The van der Waals surface area contributed by atoms with Gasteiger partial charge in [-0.2, -0.15) is 0 Å². The molecule has 1 aliphatic rings. The molecule has 0 radical (unpaired) electrons. The van der Waals surface area contributed by atoms with Gasteiger partial charge >= 0.3 is 0 Å². The second kappa shape index (κ2) is 4.46. The molecule has 20 heavy (non-hydrogen) atoms. The molecule has 3 aromatic rings. The zero-order valence-corrected chi connectivity index (χ0v) is 11.0. The van der Waals surface area contributed by atoms with Gasteiger partial charge in [0.2, 0.25) is 5.69 Å². The Morgan fingerprint density at radius 2 is 1.35 bits per heavy atom. The highest BCUT2D eigenvalue weighted by Crippen LogP contribution is 2.42. The number of hydrogen-bond donors (Lipinski definition) is 0. The van der Waals surface area contributed by atoms with Crippen molar-refractivity contribution in [3.63, 3.8) is 0 Å². The second-order valence-corrected chi connectivity index (χ2v) is 4.97. The van der Waals surface area contributed by atoms with Crippen LogP contribution in [0.5, 0.6) is 0 Å². The molecule has 0 unspecified atom stereocenters. The zero-order valence-electron chi connectivity index (χ0n) is 11.0. The SMILES string of the molecule is C(=C1c2ccccc2-c2[nH+]cccc21)c1ccccc1. The van der Waals surface area contributed by atoms with Crippen molar-refractivity contribution < 1.29 is 4.98 Å². The van der Waals surface area contributed by atoms with E-state index in [9.17, 15) is 0 Å². The normalized spacial score (nSPS) is 14.1. The maximum atomic E-state index is 3.38. The van der Waals surface area contributed by atoms with Gasteiger partial charge in [-0.15, -0.1) is 0 Å². The first-order valence-electron chi connectivity index (χ1n) is 6.81. The van der Waals surface area contributed by atoms with Gasteiger partial charge in [0.1, 0.15) is 0 Å². The minimum Gasteiger partial charge on any atom is -0.211 e. The zero-order chi connectivity index (χ0) is 13.4. The Morgan fingerprint density at radius 3 is 2.20 bits per heavy atom. The molecule has 1 heterocycles. The molecule has 1 aromatic heterocycles. The minimum absolute atomic E-state index is 1.21. The van der Waals surface area contributed by atoms with Gasteiger partial charge in [-0.3, -0.25) is 0 Å². The van der Waals surface area contributed by atoms with Crippen LogP contribution in [0.15, 0.2) is 72.9 Å². The van der Waals surface area contributed by atoms with Gasteiger partial charge in [0, 0.05) is 6.07 Å². The number of fused-ring (bicyclic) bond motifs is 3. The largest absolute Gasteiger partial charge is 0.219 e. The molecular formula is C19H14N+. The van der Waals surface area contributed by atoms with Gasteiger partial charge in [-0.1, -0.05) is 48.5 Å². The minimum atomic E-state index is 1.21. The highest BCUT2D eigenvalue weighted by Gasteiger charge is 2.27. The van der Waals surface area contributed by atoms with Crippen LogP contribution in [0.3, 0.4) is 0 Å². The van der Waals surface area contributed by atoms with E-state index >= 15 is 0 Å². The Kier molecular flexibility index (Phi) is 2.49. The van der Waals surface area contributed by atoms with Crippen LogP contribution in [0.25, 0.3) is 22.9 Å². The third-order valence-corrected chi connectivity index (χ3v) is 3.74. The van der Waals surface area contributed by atoms with Crippen LogP contribution in [0.1, 0.15) is 16.7 Å². The Balaban J connectivity index is 1.99. The Morgan fingerprint density at radius 1 is 0.650 bits per heavy atom. The first kappa shape index (κ1) is 11.2. The van der Waals surface area contributed by atoms with Gasteiger partial charge < -0.3 is 0 Å². The lowest BCUT2D eigenvalue weighted by atomic mass is 10.0. The van der Waals surface area contributed by atoms with Crippen molar-refractivity contribution in [2.45, 2.75) is 0 Å². The summed E-state index contributed by atoms with van der Waals surface area (Å²) in [6.45, 7) is 0. The van der Waals surface area contributed by atoms with E-state index in [1.165, 1.54) is 33.5 Å². The lowest BCUT2D eigenvalue weighted by molar-refractivity contribution is -0.364. The number of rotatable bonds is 1. The predicted molar refractivity (Wildman–Crippen MR) is 81.8 cm³/mol. The van der Waals surface area contributed by atoms with E-state index in [0.29, 0.717) is 0 Å². The molecule has 0 bridgehead atoms. The molecule has 2 aromatic carbocycles. The Bertz CT molecular complexity index is 753. The average Bonchev–Trinajstić information content (AvgIpc) is 2.84. The molecular weight excluding hydrogens is 242 g/mol. The van der Waals surface area contributed by atoms with Crippen molar-refractivity contribution in [1.29, 1.82) is 0 Å². The summed E-state index contributed by atoms with van der Waals surface area (Å²) in [5.74, 6) is 0. The van der Waals surface area contributed by atoms with E-state index in [-0.39, 0.29) is 0 Å². The lowest BCUT2D eigenvalue weighted by Gasteiger charge is -2.01. The van der Waals surface area contributed by atoms with E-state index in [1.54, 1.807) is 0 Å². The monoisotopic (exact) mass is 256 g/mol. The number of hydrogen-bond acceptors (Lipinski definition) is 0. The van der Waals surface area contributed by atoms with Crippen LogP contribution >= 0.6 is 0 Å². The molecule has 1 nitrogen and oxygen atoms in total. The Hall–Kier alpha value is -2.67. The van der Waals surface area contributed by atoms with Crippen molar-refractivity contribution in [2.24, 2.45) is 0 Å². The fourth-order valence-electron chi connectivity index (χ4n) is 2.84. The lowest BCUT2D eigenvalue weighted by Crippen LogP contribution is -2.04. The topological polar surface area (TPSA) is 14.1 Å². The number of H-pyrrole nitrogens is 1. The summed E-state index contributed by atoms with van der Waals surface area (Å²) in [6.07, 6.45) is 4.25. The summed E-state index contributed by atoms with van der Waals surface area (Å²) in [5.41, 5.74) is 7.59. The van der Waals surface area contributed by atoms with Gasteiger partial charge in [0.25, 0.3) is 0 Å². The maximum Gasteiger partial charge on any atom is 0.219 e. The molecule has 0 spiro atoms. The van der Waals surface area contributed by atoms with Crippen molar-refractivity contribution >= 4 is 11.6 Å². The van der Waals surface area contributed by atoms with Crippen molar-refractivity contribution in [2.75, 3.05) is 0 Å². The summed E-state index contributed by atoms with van der Waals surface area (Å²) < 4.78 is 0. The van der Waals surface area contributed by atoms with Gasteiger partial charge in [0.15, 0.2) is 6.20 Å². The van der Waals surface area contributed by atoms with E-state index in [2.05, 4.69) is 71.7 Å². The smallest absolute Gasteiger partial charge is 0.211 e. The van der Waals surface area contributed by atoms with E-state index in [0.717, 1.165) is 0 Å². The number of aromatic nitrogens is 1. The quantitative estimate of drug-likeness (QED) is 0.487. The maximum absolute atomic E-state index is 3.38. The molecule has 0 amide bonds. The number of pyridine rings is 1. The summed E-state index contributed by atoms with van der Waals surface area (Å²) >= 11 is 0. The molecule has 0 saturated heterocycles. The van der Waals surface area contributed by atoms with Crippen LogP contribution in [0.4, 0.5) is 0 Å². The molecule has 0 fully saturated rings. The van der Waals surface area contributed by atoms with Crippen molar-refractivity contribution in [3.8, 4) is 11.3 Å². The predicted octanol–water partition coefficient (Wildman–Crippen LogP) is 4.07. The van der Waals surface area contributed by atoms with Gasteiger partial charge in [-0.05, 0) is 34.9 Å². The summed E-state index contributed by atoms with van der Waals surface area (Å²) in [5, 5.41) is 0. The van der Waals surface area contributed by atoms with Crippen LogP contribution in [-0.4, -0.2) is 0 Å². The van der Waals surface area contributed by atoms with Crippen LogP contribution in [0, 0.1) is 0 Å². The van der Waals surface area contributed by atoms with Gasteiger partial charge in [0.05, 0.1) is 11.1 Å². The van der Waals surface area contributed by atoms with Crippen LogP contribution in [-0.2, 0) is 0 Å². The number of nitrogens with one attached hydrogen (secondary N) is 1. The third-order valence-electron chi connectivity index (χ3n) is 3.74. The first-order chi connectivity index (χ1) is 9.93. The molecule has 1 N–H and O–H groups in total. The van der Waals surface area contributed by atoms with Crippen molar-refractivity contribution in [3.05, 3.63) is 89.6 Å². The number of aromatic amines is 1. The van der Waals surface area contributed by atoms with E-state index < -0.39 is 0 Å². The first-order valence-corrected chi connectivity index (χ1v) is 6.81. The molecule has 0 aliphatic heterocycles. The molecule has 0 atom stereocenters. The summed E-state index contributed by atoms with van der Waals surface area (Å²) in [7, 11) is 0. The fraction of sp³-hybridized carbons (Fsp3) is 0. The standard InChI is InChI=1S/C19H13N/c1-2-7-14(8-3-1)13-18-15-9-4-5-10-16(15)19-17(18)11-6-12-20-19/h1-13H/p+1. The summed E-state index contributed by atoms with van der Waals surface area (Å²) in [6, 6.07) is 23.3. The fourth-order valence-corrected chi connectivity index (χ4v) is 2.84. The highest BCUT2D eigenvalue weighted by atomic mass is 14.7. The van der Waals surface area contributed by atoms with E-state index in [4.69, 9.17) is 0 Å². The molecule has 1 heteroatoms. The van der Waals surface area contributed by atoms with E-state index in [1.807, 2.05) is 12.3 Å². The van der Waals surface area contributed by atoms with Gasteiger partial charge in [-0.25, -0.2) is 4.98 Å². The second-order valence-electron chi connectivity index (χ2n) is 4.97. The molecule has 0 saturated carbocycles. The molecule has 1 aliphatic carbocycles.